The van der Waals surface area contributed by atoms with E-state index in [9.17, 15) is 4.79 Å². The van der Waals surface area contributed by atoms with Crippen molar-refractivity contribution in [3.8, 4) is 0 Å². The summed E-state index contributed by atoms with van der Waals surface area (Å²) in [4.78, 5) is 17.5. The number of aromatic nitrogens is 1. The monoisotopic (exact) mass is 320 g/mol. The van der Waals surface area contributed by atoms with Crippen molar-refractivity contribution in [2.45, 2.75) is 5.75 Å². The van der Waals surface area contributed by atoms with Crippen molar-refractivity contribution in [2.75, 3.05) is 11.1 Å². The zero-order valence-electron chi connectivity index (χ0n) is 10.5. The van der Waals surface area contributed by atoms with E-state index in [-0.39, 0.29) is 5.91 Å². The molecule has 2 heterocycles. The third-order valence-corrected chi connectivity index (χ3v) is 5.59. The number of carbonyl (C=O) groups excluding carboxylic acids is 1. The molecule has 1 N–H and O–H groups in total. The van der Waals surface area contributed by atoms with Crippen molar-refractivity contribution in [3.63, 3.8) is 0 Å². The van der Waals surface area contributed by atoms with Crippen LogP contribution in [0.15, 0.2) is 41.8 Å². The van der Waals surface area contributed by atoms with Gasteiger partial charge in [-0.15, -0.1) is 23.1 Å². The zero-order chi connectivity index (χ0) is 13.8. The molecule has 0 atom stereocenters. The number of nitrogens with one attached hydrogen (secondary N) is 1. The van der Waals surface area contributed by atoms with Crippen molar-refractivity contribution in [3.05, 3.63) is 46.7 Å². The van der Waals surface area contributed by atoms with Crippen LogP contribution in [-0.2, 0) is 10.5 Å². The third-order valence-electron chi connectivity index (χ3n) is 2.60. The van der Waals surface area contributed by atoms with Crippen LogP contribution in [-0.4, -0.2) is 16.6 Å². The summed E-state index contributed by atoms with van der Waals surface area (Å²) >= 11 is 4.85. The highest BCUT2D eigenvalue weighted by molar-refractivity contribution is 7.99. The Morgan fingerprint density at radius 1 is 1.25 bits per heavy atom. The third kappa shape index (κ3) is 3.39. The molecule has 0 aliphatic rings. The number of anilines is 1. The van der Waals surface area contributed by atoms with Crippen LogP contribution in [0.1, 0.15) is 4.88 Å². The quantitative estimate of drug-likeness (QED) is 0.765. The second kappa shape index (κ2) is 6.39. The largest absolute Gasteiger partial charge is 0.301 e. The molecule has 0 aliphatic carbocycles. The highest BCUT2D eigenvalue weighted by atomic mass is 32.2. The van der Waals surface area contributed by atoms with Gasteiger partial charge in [-0.05, 0) is 23.6 Å². The van der Waals surface area contributed by atoms with E-state index >= 15 is 0 Å². The number of thiophene rings is 1. The fourth-order valence-electron chi connectivity index (χ4n) is 1.72. The van der Waals surface area contributed by atoms with Crippen LogP contribution in [0.5, 0.6) is 0 Å². The molecule has 0 fully saturated rings. The first-order valence-corrected chi connectivity index (χ1v) is 8.92. The predicted octanol–water partition coefficient (Wildman–Crippen LogP) is 4.23. The molecule has 0 radical (unpaired) electrons. The van der Waals surface area contributed by atoms with Crippen molar-refractivity contribution < 1.29 is 4.79 Å². The summed E-state index contributed by atoms with van der Waals surface area (Å²) in [6.45, 7) is 0. The molecule has 3 rings (SSSR count). The van der Waals surface area contributed by atoms with Gasteiger partial charge in [0.2, 0.25) is 5.91 Å². The number of hydrogen-bond acceptors (Lipinski definition) is 5. The summed E-state index contributed by atoms with van der Waals surface area (Å²) in [6, 6.07) is 12.0. The summed E-state index contributed by atoms with van der Waals surface area (Å²) < 4.78 is 1.09. The van der Waals surface area contributed by atoms with E-state index in [1.54, 1.807) is 23.1 Å². The molecule has 0 saturated carbocycles. The average Bonchev–Trinajstić information content (AvgIpc) is 3.06. The van der Waals surface area contributed by atoms with E-state index in [2.05, 4.69) is 21.7 Å². The number of carbonyl (C=O) groups is 1. The summed E-state index contributed by atoms with van der Waals surface area (Å²) in [5.74, 6) is 1.34. The number of rotatable bonds is 5. The van der Waals surface area contributed by atoms with Crippen LogP contribution in [0.3, 0.4) is 0 Å². The van der Waals surface area contributed by atoms with Crippen LogP contribution in [0, 0.1) is 0 Å². The minimum absolute atomic E-state index is 0.00520. The maximum absolute atomic E-state index is 11.9. The summed E-state index contributed by atoms with van der Waals surface area (Å²) in [5, 5.41) is 5.59. The van der Waals surface area contributed by atoms with E-state index in [0.717, 1.165) is 16.0 Å². The van der Waals surface area contributed by atoms with Gasteiger partial charge in [-0.1, -0.05) is 29.5 Å². The predicted molar refractivity (Wildman–Crippen MR) is 88.7 cm³/mol. The van der Waals surface area contributed by atoms with Crippen LogP contribution >= 0.6 is 34.4 Å². The molecule has 0 bridgehead atoms. The number of benzene rings is 1. The first-order valence-electron chi connectivity index (χ1n) is 6.07. The van der Waals surface area contributed by atoms with Gasteiger partial charge < -0.3 is 5.32 Å². The Kier molecular flexibility index (Phi) is 4.34. The van der Waals surface area contributed by atoms with Gasteiger partial charge >= 0.3 is 0 Å². The van der Waals surface area contributed by atoms with E-state index in [0.29, 0.717) is 10.9 Å². The number of amides is 1. The molecular formula is C14H12N2OS3. The standard InChI is InChI=1S/C14H12N2OS3/c17-13(9-18-8-10-4-3-7-19-10)16-14-15-11-5-1-2-6-12(11)20-14/h1-7H,8-9H2,(H,15,16,17). The molecule has 2 aromatic heterocycles. The lowest BCUT2D eigenvalue weighted by atomic mass is 10.3. The topological polar surface area (TPSA) is 42.0 Å². The van der Waals surface area contributed by atoms with Gasteiger partial charge in [-0.2, -0.15) is 0 Å². The molecule has 0 unspecified atom stereocenters. The minimum atomic E-state index is 0.00520. The molecule has 0 aliphatic heterocycles. The molecule has 20 heavy (non-hydrogen) atoms. The molecule has 3 aromatic rings. The van der Waals surface area contributed by atoms with E-state index in [4.69, 9.17) is 0 Å². The Bertz CT molecular complexity index is 673. The Labute approximate surface area is 129 Å². The Morgan fingerprint density at radius 3 is 2.95 bits per heavy atom. The highest BCUT2D eigenvalue weighted by Crippen LogP contribution is 2.25. The van der Waals surface area contributed by atoms with E-state index in [1.807, 2.05) is 30.3 Å². The Morgan fingerprint density at radius 2 is 2.15 bits per heavy atom. The summed E-state index contributed by atoms with van der Waals surface area (Å²) in [7, 11) is 0. The molecule has 3 nitrogen and oxygen atoms in total. The first-order chi connectivity index (χ1) is 9.81. The number of para-hydroxylation sites is 1. The fourth-order valence-corrected chi connectivity index (χ4v) is 4.27. The molecule has 1 amide bonds. The maximum atomic E-state index is 11.9. The average molecular weight is 320 g/mol. The molecule has 0 saturated heterocycles. The highest BCUT2D eigenvalue weighted by Gasteiger charge is 2.07. The first kappa shape index (κ1) is 13.6. The number of hydrogen-bond donors (Lipinski definition) is 1. The number of thioether (sulfide) groups is 1. The van der Waals surface area contributed by atoms with Gasteiger partial charge in [-0.25, -0.2) is 4.98 Å². The van der Waals surface area contributed by atoms with Crippen LogP contribution in [0.25, 0.3) is 10.2 Å². The second-order valence-electron chi connectivity index (χ2n) is 4.11. The SMILES string of the molecule is O=C(CSCc1cccs1)Nc1nc2ccccc2s1. The summed E-state index contributed by atoms with van der Waals surface area (Å²) in [5.41, 5.74) is 0.930. The Hall–Kier alpha value is -1.37. The van der Waals surface area contributed by atoms with Gasteiger partial charge in [0, 0.05) is 10.6 Å². The molecule has 102 valence electrons. The summed E-state index contributed by atoms with van der Waals surface area (Å²) in [6.07, 6.45) is 0. The van der Waals surface area contributed by atoms with Crippen molar-refractivity contribution in [2.24, 2.45) is 0 Å². The maximum Gasteiger partial charge on any atom is 0.236 e. The Balaban J connectivity index is 1.53. The smallest absolute Gasteiger partial charge is 0.236 e. The van der Waals surface area contributed by atoms with Gasteiger partial charge in [0.15, 0.2) is 5.13 Å². The zero-order valence-corrected chi connectivity index (χ0v) is 13.0. The van der Waals surface area contributed by atoms with Crippen molar-refractivity contribution in [1.82, 2.24) is 4.98 Å². The lowest BCUT2D eigenvalue weighted by molar-refractivity contribution is -0.113. The van der Waals surface area contributed by atoms with Crippen LogP contribution < -0.4 is 5.32 Å². The van der Waals surface area contributed by atoms with Gasteiger partial charge in [-0.3, -0.25) is 4.79 Å². The van der Waals surface area contributed by atoms with Gasteiger partial charge in [0.25, 0.3) is 0 Å². The lowest BCUT2D eigenvalue weighted by Crippen LogP contribution is -2.13. The van der Waals surface area contributed by atoms with Gasteiger partial charge in [0.05, 0.1) is 16.0 Å². The molecular weight excluding hydrogens is 308 g/mol. The normalized spacial score (nSPS) is 10.8. The van der Waals surface area contributed by atoms with Crippen molar-refractivity contribution >= 4 is 55.7 Å². The number of fused-ring (bicyclic) bond motifs is 1. The van der Waals surface area contributed by atoms with E-state index < -0.39 is 0 Å². The molecule has 0 spiro atoms. The fraction of sp³-hybridized carbons (Fsp3) is 0.143. The lowest BCUT2D eigenvalue weighted by Gasteiger charge is -2.00. The number of thiazole rings is 1. The van der Waals surface area contributed by atoms with Crippen molar-refractivity contribution in [1.29, 1.82) is 0 Å². The molecule has 1 aromatic carbocycles. The second-order valence-corrected chi connectivity index (χ2v) is 7.16. The number of nitrogens with zero attached hydrogens (tertiary/aromatic N) is 1. The van der Waals surface area contributed by atoms with Gasteiger partial charge in [0.1, 0.15) is 0 Å². The van der Waals surface area contributed by atoms with E-state index in [1.165, 1.54) is 16.2 Å². The van der Waals surface area contributed by atoms with Crippen LogP contribution in [0.2, 0.25) is 0 Å². The minimum Gasteiger partial charge on any atom is -0.301 e. The van der Waals surface area contributed by atoms with Crippen LogP contribution in [0.4, 0.5) is 5.13 Å². The molecule has 6 heteroatoms.